The average molecular weight is 448 g/mol. The van der Waals surface area contributed by atoms with Gasteiger partial charge in [0.25, 0.3) is 0 Å². The Morgan fingerprint density at radius 1 is 1.00 bits per heavy atom. The van der Waals surface area contributed by atoms with Crippen molar-refractivity contribution in [3.8, 4) is 17.2 Å². The fraction of sp³-hybridized carbons (Fsp3) is 0.296. The number of likely N-dealkylation sites (tertiary alicyclic amines) is 1. The number of nitrogens with zero attached hydrogens (tertiary/aromatic N) is 1. The molecule has 0 saturated carbocycles. The predicted molar refractivity (Wildman–Crippen MR) is 126 cm³/mol. The van der Waals surface area contributed by atoms with Gasteiger partial charge in [-0.15, -0.1) is 0 Å². The van der Waals surface area contributed by atoms with Crippen LogP contribution in [-0.4, -0.2) is 42.8 Å². The molecule has 2 atom stereocenters. The molecule has 1 aliphatic heterocycles. The molecule has 0 aliphatic carbocycles. The van der Waals surface area contributed by atoms with Gasteiger partial charge in [-0.1, -0.05) is 54.6 Å². The maximum Gasteiger partial charge on any atom is 0.320 e. The Bertz CT molecular complexity index is 1070. The number of aliphatic carboxylic acids is 1. The first kappa shape index (κ1) is 22.7. The van der Waals surface area contributed by atoms with Crippen LogP contribution < -0.4 is 14.2 Å². The van der Waals surface area contributed by atoms with Crippen molar-refractivity contribution in [2.24, 2.45) is 0 Å². The predicted octanol–water partition coefficient (Wildman–Crippen LogP) is 4.92. The number of hydrogen-bond donors (Lipinski definition) is 1. The molecular weight excluding hydrogens is 418 g/mol. The van der Waals surface area contributed by atoms with Gasteiger partial charge in [0.1, 0.15) is 18.4 Å². The second kappa shape index (κ2) is 10.4. The van der Waals surface area contributed by atoms with Gasteiger partial charge in [-0.05, 0) is 42.2 Å². The van der Waals surface area contributed by atoms with Crippen molar-refractivity contribution in [3.05, 3.63) is 89.5 Å². The zero-order valence-corrected chi connectivity index (χ0v) is 18.9. The summed E-state index contributed by atoms with van der Waals surface area (Å²) in [5.41, 5.74) is 2.95. The molecule has 33 heavy (non-hydrogen) atoms. The summed E-state index contributed by atoms with van der Waals surface area (Å²) < 4.78 is 17.2. The van der Waals surface area contributed by atoms with Crippen LogP contribution in [0.2, 0.25) is 0 Å². The van der Waals surface area contributed by atoms with Gasteiger partial charge in [0.05, 0.1) is 20.3 Å². The largest absolute Gasteiger partial charge is 0.493 e. The highest BCUT2D eigenvalue weighted by Gasteiger charge is 2.38. The Morgan fingerprint density at radius 3 is 2.42 bits per heavy atom. The minimum atomic E-state index is -0.804. The van der Waals surface area contributed by atoms with E-state index in [9.17, 15) is 9.90 Å². The van der Waals surface area contributed by atoms with Crippen LogP contribution >= 0.6 is 0 Å². The summed E-state index contributed by atoms with van der Waals surface area (Å²) in [6.45, 7) is 1.18. The van der Waals surface area contributed by atoms with E-state index in [-0.39, 0.29) is 6.04 Å². The van der Waals surface area contributed by atoms with E-state index in [1.54, 1.807) is 14.2 Å². The van der Waals surface area contributed by atoms with Gasteiger partial charge in [0.15, 0.2) is 11.5 Å². The first-order valence-corrected chi connectivity index (χ1v) is 11.1. The van der Waals surface area contributed by atoms with Crippen LogP contribution in [0, 0.1) is 0 Å². The molecular formula is C27H29NO5. The number of carboxylic acids is 1. The molecule has 0 spiro atoms. The van der Waals surface area contributed by atoms with Gasteiger partial charge in [0, 0.05) is 12.1 Å². The highest BCUT2D eigenvalue weighted by Crippen LogP contribution is 2.43. The van der Waals surface area contributed by atoms with E-state index < -0.39 is 12.0 Å². The molecule has 6 nitrogen and oxygen atoms in total. The Hall–Kier alpha value is -3.51. The monoisotopic (exact) mass is 447 g/mol. The molecule has 1 saturated heterocycles. The number of ether oxygens (including phenoxy) is 3. The SMILES string of the molecule is COc1cccc(C(c2ccc(OCc3ccccc3)cc2)N2CCCC2C(=O)O)c1OC. The van der Waals surface area contributed by atoms with E-state index in [1.165, 1.54) is 0 Å². The standard InChI is InChI=1S/C27H29NO5/c1-31-24-12-6-10-22(26(24)32-2)25(28-17-7-11-23(28)27(29)30)20-13-15-21(16-14-20)33-18-19-8-4-3-5-9-19/h3-6,8-10,12-16,23,25H,7,11,17-18H2,1-2H3,(H,29,30). The molecule has 1 N–H and O–H groups in total. The molecule has 0 radical (unpaired) electrons. The van der Waals surface area contributed by atoms with Crippen molar-refractivity contribution < 1.29 is 24.1 Å². The second-order valence-electron chi connectivity index (χ2n) is 8.06. The lowest BCUT2D eigenvalue weighted by Crippen LogP contribution is -2.39. The van der Waals surface area contributed by atoms with Crippen LogP contribution in [0.1, 0.15) is 35.6 Å². The first-order chi connectivity index (χ1) is 16.1. The molecule has 172 valence electrons. The van der Waals surface area contributed by atoms with Gasteiger partial charge in [-0.3, -0.25) is 9.69 Å². The number of benzene rings is 3. The molecule has 3 aromatic carbocycles. The number of carbonyl (C=O) groups is 1. The van der Waals surface area contributed by atoms with Crippen molar-refractivity contribution >= 4 is 5.97 Å². The Labute approximate surface area is 194 Å². The van der Waals surface area contributed by atoms with Crippen molar-refractivity contribution in [2.45, 2.75) is 31.5 Å². The lowest BCUT2D eigenvalue weighted by Gasteiger charge is -2.33. The molecule has 0 bridgehead atoms. The van der Waals surface area contributed by atoms with Crippen molar-refractivity contribution in [2.75, 3.05) is 20.8 Å². The third kappa shape index (κ3) is 4.96. The lowest BCUT2D eigenvalue weighted by molar-refractivity contribution is -0.142. The zero-order valence-electron chi connectivity index (χ0n) is 18.9. The molecule has 1 aliphatic rings. The quantitative estimate of drug-likeness (QED) is 0.502. The van der Waals surface area contributed by atoms with Crippen LogP contribution in [0.25, 0.3) is 0 Å². The van der Waals surface area contributed by atoms with E-state index in [1.807, 2.05) is 77.7 Å². The van der Waals surface area contributed by atoms with Gasteiger partial charge < -0.3 is 19.3 Å². The molecule has 6 heteroatoms. The van der Waals surface area contributed by atoms with E-state index >= 15 is 0 Å². The highest BCUT2D eigenvalue weighted by atomic mass is 16.5. The van der Waals surface area contributed by atoms with E-state index in [0.717, 1.165) is 28.9 Å². The van der Waals surface area contributed by atoms with Crippen molar-refractivity contribution in [3.63, 3.8) is 0 Å². The molecule has 4 rings (SSSR count). The number of rotatable bonds is 9. The zero-order chi connectivity index (χ0) is 23.2. The van der Waals surface area contributed by atoms with E-state index in [2.05, 4.69) is 0 Å². The number of methoxy groups -OCH3 is 2. The summed E-state index contributed by atoms with van der Waals surface area (Å²) in [7, 11) is 3.21. The Kier molecular flexibility index (Phi) is 7.15. The van der Waals surface area contributed by atoms with Gasteiger partial charge >= 0.3 is 5.97 Å². The summed E-state index contributed by atoms with van der Waals surface area (Å²) in [4.78, 5) is 14.1. The topological polar surface area (TPSA) is 68.2 Å². The second-order valence-corrected chi connectivity index (χ2v) is 8.06. The van der Waals surface area contributed by atoms with Crippen LogP contribution in [0.5, 0.6) is 17.2 Å². The molecule has 1 fully saturated rings. The summed E-state index contributed by atoms with van der Waals surface area (Å²) in [6, 6.07) is 22.8. The average Bonchev–Trinajstić information content (AvgIpc) is 3.34. The van der Waals surface area contributed by atoms with Crippen molar-refractivity contribution in [1.82, 2.24) is 4.90 Å². The summed E-state index contributed by atoms with van der Waals surface area (Å²) in [5.74, 6) is 1.19. The molecule has 0 amide bonds. The molecule has 3 aromatic rings. The summed E-state index contributed by atoms with van der Waals surface area (Å²) in [6.07, 6.45) is 1.45. The van der Waals surface area contributed by atoms with Crippen LogP contribution in [-0.2, 0) is 11.4 Å². The highest BCUT2D eigenvalue weighted by molar-refractivity contribution is 5.74. The van der Waals surface area contributed by atoms with Gasteiger partial charge in [-0.2, -0.15) is 0 Å². The normalized spacial score (nSPS) is 16.8. The lowest BCUT2D eigenvalue weighted by atomic mass is 9.95. The minimum Gasteiger partial charge on any atom is -0.493 e. The number of carboxylic acid groups (broad SMARTS) is 1. The maximum atomic E-state index is 12.0. The fourth-order valence-electron chi connectivity index (χ4n) is 4.53. The molecule has 2 unspecified atom stereocenters. The Morgan fingerprint density at radius 2 is 1.76 bits per heavy atom. The molecule has 0 aromatic heterocycles. The molecule has 1 heterocycles. The fourth-order valence-corrected chi connectivity index (χ4v) is 4.53. The summed E-state index contributed by atoms with van der Waals surface area (Å²) >= 11 is 0. The number of hydrogen-bond acceptors (Lipinski definition) is 5. The maximum absolute atomic E-state index is 12.0. The smallest absolute Gasteiger partial charge is 0.320 e. The van der Waals surface area contributed by atoms with Crippen LogP contribution in [0.4, 0.5) is 0 Å². The van der Waals surface area contributed by atoms with E-state index in [4.69, 9.17) is 14.2 Å². The minimum absolute atomic E-state index is 0.290. The summed E-state index contributed by atoms with van der Waals surface area (Å²) in [5, 5.41) is 9.86. The third-order valence-corrected chi connectivity index (χ3v) is 6.08. The Balaban J connectivity index is 1.67. The van der Waals surface area contributed by atoms with Gasteiger partial charge in [0.2, 0.25) is 0 Å². The number of para-hydroxylation sites is 1. The van der Waals surface area contributed by atoms with Crippen molar-refractivity contribution in [1.29, 1.82) is 0 Å². The van der Waals surface area contributed by atoms with E-state index in [0.29, 0.717) is 31.1 Å². The first-order valence-electron chi connectivity index (χ1n) is 11.1. The van der Waals surface area contributed by atoms with Crippen LogP contribution in [0.3, 0.4) is 0 Å². The van der Waals surface area contributed by atoms with Gasteiger partial charge in [-0.25, -0.2) is 0 Å². The third-order valence-electron chi connectivity index (χ3n) is 6.08. The van der Waals surface area contributed by atoms with Crippen LogP contribution in [0.15, 0.2) is 72.8 Å².